The quantitative estimate of drug-likeness (QED) is 0.779. The molecule has 6 heteroatoms. The highest BCUT2D eigenvalue weighted by atomic mass is 32.1. The molecule has 0 saturated carbocycles. The number of carbonyl (C=O) groups is 1. The van der Waals surface area contributed by atoms with Crippen LogP contribution in [-0.2, 0) is 0 Å². The summed E-state index contributed by atoms with van der Waals surface area (Å²) >= 11 is 1.34. The van der Waals surface area contributed by atoms with Crippen molar-refractivity contribution in [2.45, 2.75) is 0 Å². The number of hydrogen-bond acceptors (Lipinski definition) is 3. The smallest absolute Gasteiger partial charge is 0.258 e. The summed E-state index contributed by atoms with van der Waals surface area (Å²) in [5.74, 6) is -2.11. The Morgan fingerprint density at radius 1 is 1.15 bits per heavy atom. The molecule has 100 valence electrons. The maximum Gasteiger partial charge on any atom is 0.258 e. The van der Waals surface area contributed by atoms with Crippen LogP contribution >= 0.6 is 11.5 Å². The molecule has 3 nitrogen and oxygen atoms in total. The molecular weight excluding hydrogens is 282 g/mol. The molecule has 0 fully saturated rings. The van der Waals surface area contributed by atoms with Gasteiger partial charge in [-0.05, 0) is 47.9 Å². The molecule has 0 atom stereocenters. The average Bonchev–Trinajstić information content (AvgIpc) is 2.89. The number of amides is 1. The van der Waals surface area contributed by atoms with Gasteiger partial charge >= 0.3 is 0 Å². The Kier molecular flexibility index (Phi) is 3.15. The minimum absolute atomic E-state index is 0.325. The van der Waals surface area contributed by atoms with Crippen molar-refractivity contribution >= 4 is 33.2 Å². The largest absolute Gasteiger partial charge is 0.322 e. The Bertz CT molecular complexity index is 801. The summed E-state index contributed by atoms with van der Waals surface area (Å²) in [6, 6.07) is 7.99. The lowest BCUT2D eigenvalue weighted by atomic mass is 10.2. The molecule has 0 unspecified atom stereocenters. The average molecular weight is 290 g/mol. The van der Waals surface area contributed by atoms with Gasteiger partial charge in [-0.25, -0.2) is 8.78 Å². The number of rotatable bonds is 2. The fraction of sp³-hybridized carbons (Fsp3) is 0. The monoisotopic (exact) mass is 290 g/mol. The van der Waals surface area contributed by atoms with Gasteiger partial charge in [-0.15, -0.1) is 0 Å². The summed E-state index contributed by atoms with van der Waals surface area (Å²) in [5, 5.41) is 3.42. The zero-order chi connectivity index (χ0) is 14.1. The summed E-state index contributed by atoms with van der Waals surface area (Å²) in [4.78, 5) is 11.9. The lowest BCUT2D eigenvalue weighted by Gasteiger charge is -2.06. The Hall–Kier alpha value is -2.34. The van der Waals surface area contributed by atoms with E-state index in [0.717, 1.165) is 28.3 Å². The zero-order valence-electron chi connectivity index (χ0n) is 10.1. The molecule has 20 heavy (non-hydrogen) atoms. The van der Waals surface area contributed by atoms with Crippen molar-refractivity contribution in [2.24, 2.45) is 0 Å². The van der Waals surface area contributed by atoms with E-state index in [1.807, 2.05) is 6.07 Å². The standard InChI is InChI=1S/C14H8F2N2OS/c15-9-1-3-12(16)11(6-9)14(19)18-10-2-4-13-8(5-10)7-17-20-13/h1-7H,(H,18,19). The second-order valence-electron chi connectivity index (χ2n) is 4.16. The third-order valence-electron chi connectivity index (χ3n) is 2.78. The maximum atomic E-state index is 13.5. The van der Waals surface area contributed by atoms with Gasteiger partial charge in [0.25, 0.3) is 5.91 Å². The van der Waals surface area contributed by atoms with Gasteiger partial charge < -0.3 is 5.32 Å². The van der Waals surface area contributed by atoms with Crippen LogP contribution < -0.4 is 5.32 Å². The van der Waals surface area contributed by atoms with Gasteiger partial charge in [-0.2, -0.15) is 4.37 Å². The minimum Gasteiger partial charge on any atom is -0.322 e. The molecule has 2 aromatic carbocycles. The van der Waals surface area contributed by atoms with E-state index in [0.29, 0.717) is 5.69 Å². The molecule has 0 spiro atoms. The topological polar surface area (TPSA) is 42.0 Å². The van der Waals surface area contributed by atoms with E-state index < -0.39 is 17.5 Å². The molecule has 0 aliphatic rings. The highest BCUT2D eigenvalue weighted by Crippen LogP contribution is 2.22. The third-order valence-corrected chi connectivity index (χ3v) is 3.56. The van der Waals surface area contributed by atoms with Crippen LogP contribution in [0.25, 0.3) is 10.1 Å². The molecule has 1 aromatic heterocycles. The van der Waals surface area contributed by atoms with Crippen LogP contribution in [0.3, 0.4) is 0 Å². The van der Waals surface area contributed by atoms with Crippen LogP contribution in [0.2, 0.25) is 0 Å². The Morgan fingerprint density at radius 2 is 2.00 bits per heavy atom. The predicted molar refractivity (Wildman–Crippen MR) is 73.9 cm³/mol. The van der Waals surface area contributed by atoms with Crippen LogP contribution in [0.5, 0.6) is 0 Å². The summed E-state index contributed by atoms with van der Waals surface area (Å²) in [5.41, 5.74) is 0.180. The van der Waals surface area contributed by atoms with E-state index in [9.17, 15) is 13.6 Å². The van der Waals surface area contributed by atoms with Crippen LogP contribution in [0.1, 0.15) is 10.4 Å². The van der Waals surface area contributed by atoms with E-state index in [1.165, 1.54) is 11.5 Å². The Balaban J connectivity index is 1.89. The summed E-state index contributed by atoms with van der Waals surface area (Å²) < 4.78 is 31.6. The number of aromatic nitrogens is 1. The Morgan fingerprint density at radius 3 is 2.85 bits per heavy atom. The number of nitrogens with one attached hydrogen (secondary N) is 1. The second kappa shape index (κ2) is 4.97. The van der Waals surface area contributed by atoms with Crippen molar-refractivity contribution in [3.63, 3.8) is 0 Å². The fourth-order valence-electron chi connectivity index (χ4n) is 1.82. The normalized spacial score (nSPS) is 10.7. The molecule has 1 heterocycles. The molecule has 0 radical (unpaired) electrons. The first-order chi connectivity index (χ1) is 9.63. The highest BCUT2D eigenvalue weighted by Gasteiger charge is 2.13. The number of fused-ring (bicyclic) bond motifs is 1. The first-order valence-electron chi connectivity index (χ1n) is 5.74. The molecule has 0 aliphatic carbocycles. The van der Waals surface area contributed by atoms with Gasteiger partial charge in [-0.1, -0.05) is 0 Å². The number of hydrogen-bond donors (Lipinski definition) is 1. The van der Waals surface area contributed by atoms with Crippen molar-refractivity contribution in [2.75, 3.05) is 5.32 Å². The first-order valence-corrected chi connectivity index (χ1v) is 6.52. The molecule has 1 N–H and O–H groups in total. The van der Waals surface area contributed by atoms with E-state index in [2.05, 4.69) is 9.69 Å². The van der Waals surface area contributed by atoms with Crippen molar-refractivity contribution < 1.29 is 13.6 Å². The van der Waals surface area contributed by atoms with Crippen molar-refractivity contribution in [1.29, 1.82) is 0 Å². The van der Waals surface area contributed by atoms with Gasteiger partial charge in [0.2, 0.25) is 0 Å². The highest BCUT2D eigenvalue weighted by molar-refractivity contribution is 7.13. The maximum absolute atomic E-state index is 13.5. The minimum atomic E-state index is -0.762. The molecule has 3 aromatic rings. The van der Waals surface area contributed by atoms with Crippen LogP contribution in [-0.4, -0.2) is 10.3 Å². The number of halogens is 2. The summed E-state index contributed by atoms with van der Waals surface area (Å²) in [6.07, 6.45) is 1.68. The number of carbonyl (C=O) groups excluding carboxylic acids is 1. The van der Waals surface area contributed by atoms with Gasteiger partial charge in [0.1, 0.15) is 11.6 Å². The van der Waals surface area contributed by atoms with Crippen molar-refractivity contribution in [1.82, 2.24) is 4.37 Å². The lowest BCUT2D eigenvalue weighted by Crippen LogP contribution is -2.14. The molecule has 0 saturated heterocycles. The lowest BCUT2D eigenvalue weighted by molar-refractivity contribution is 0.102. The van der Waals surface area contributed by atoms with Gasteiger partial charge in [0.05, 0.1) is 10.3 Å². The Labute approximate surface area is 117 Å². The first kappa shape index (κ1) is 12.7. The molecular formula is C14H8F2N2OS. The van der Waals surface area contributed by atoms with E-state index >= 15 is 0 Å². The summed E-state index contributed by atoms with van der Waals surface area (Å²) in [6.45, 7) is 0. The number of benzene rings is 2. The molecule has 0 aliphatic heterocycles. The van der Waals surface area contributed by atoms with E-state index in [4.69, 9.17) is 0 Å². The van der Waals surface area contributed by atoms with Gasteiger partial charge in [0.15, 0.2) is 0 Å². The summed E-state index contributed by atoms with van der Waals surface area (Å²) in [7, 11) is 0. The van der Waals surface area contributed by atoms with Crippen molar-refractivity contribution in [3.05, 3.63) is 59.8 Å². The van der Waals surface area contributed by atoms with E-state index in [-0.39, 0.29) is 5.56 Å². The SMILES string of the molecule is O=C(Nc1ccc2sncc2c1)c1cc(F)ccc1F. The fourth-order valence-corrected chi connectivity index (χ4v) is 2.45. The third kappa shape index (κ3) is 2.37. The van der Waals surface area contributed by atoms with Crippen LogP contribution in [0, 0.1) is 11.6 Å². The molecule has 0 bridgehead atoms. The van der Waals surface area contributed by atoms with Crippen LogP contribution in [0.15, 0.2) is 42.6 Å². The predicted octanol–water partition coefficient (Wildman–Crippen LogP) is 3.83. The number of nitrogens with zero attached hydrogens (tertiary/aromatic N) is 1. The van der Waals surface area contributed by atoms with E-state index in [1.54, 1.807) is 18.3 Å². The second-order valence-corrected chi connectivity index (χ2v) is 4.99. The molecule has 1 amide bonds. The van der Waals surface area contributed by atoms with Crippen LogP contribution in [0.4, 0.5) is 14.5 Å². The van der Waals surface area contributed by atoms with Crippen molar-refractivity contribution in [3.8, 4) is 0 Å². The van der Waals surface area contributed by atoms with Gasteiger partial charge in [0, 0.05) is 17.3 Å². The van der Waals surface area contributed by atoms with Gasteiger partial charge in [-0.3, -0.25) is 4.79 Å². The molecule has 3 rings (SSSR count). The zero-order valence-corrected chi connectivity index (χ0v) is 10.9. The number of anilines is 1.